The second-order valence-corrected chi connectivity index (χ2v) is 6.86. The van der Waals surface area contributed by atoms with Crippen LogP contribution >= 0.6 is 0 Å². The molecule has 4 N–H and O–H groups in total. The second kappa shape index (κ2) is 9.29. The molecule has 1 aromatic carbocycles. The Hall–Kier alpha value is -3.26. The second-order valence-electron chi connectivity index (χ2n) is 6.86. The molecule has 1 saturated heterocycles. The van der Waals surface area contributed by atoms with E-state index in [1.54, 1.807) is 42.5 Å². The number of carbonyl (C=O) groups is 2. The first-order valence-corrected chi connectivity index (χ1v) is 9.42. The average Bonchev–Trinajstić information content (AvgIpc) is 2.72. The predicted molar refractivity (Wildman–Crippen MR) is 105 cm³/mol. The van der Waals surface area contributed by atoms with E-state index < -0.39 is 23.2 Å². The number of ether oxygens (including phenoxy) is 2. The summed E-state index contributed by atoms with van der Waals surface area (Å²) in [6, 6.07) is 8.58. The van der Waals surface area contributed by atoms with Crippen molar-refractivity contribution in [2.45, 2.75) is 18.6 Å². The summed E-state index contributed by atoms with van der Waals surface area (Å²) in [6.07, 6.45) is 7.39. The highest BCUT2D eigenvalue weighted by Crippen LogP contribution is 2.33. The number of para-hydroxylation sites is 1. The number of hydrogen-bond donors (Lipinski definition) is 4. The molecule has 1 unspecified atom stereocenters. The topological polar surface area (TPSA) is 117 Å². The van der Waals surface area contributed by atoms with Gasteiger partial charge in [0.05, 0.1) is 6.61 Å². The van der Waals surface area contributed by atoms with E-state index in [2.05, 4.69) is 10.6 Å². The largest absolute Gasteiger partial charge is 0.491 e. The van der Waals surface area contributed by atoms with Crippen molar-refractivity contribution in [3.05, 3.63) is 66.1 Å². The molecule has 3 rings (SSSR count). The first kappa shape index (κ1) is 20.5. The summed E-state index contributed by atoms with van der Waals surface area (Å²) in [5.41, 5.74) is -2.31. The molecule has 2 aliphatic heterocycles. The van der Waals surface area contributed by atoms with Crippen LogP contribution in [0, 0.1) is 5.92 Å². The van der Waals surface area contributed by atoms with Crippen molar-refractivity contribution in [2.24, 2.45) is 5.92 Å². The summed E-state index contributed by atoms with van der Waals surface area (Å²) in [5.74, 6) is -2.02. The van der Waals surface area contributed by atoms with Gasteiger partial charge >= 0.3 is 11.9 Å². The molecule has 1 aromatic rings. The number of dihydropyridines is 1. The maximum Gasteiger partial charge on any atom is 0.338 e. The van der Waals surface area contributed by atoms with Gasteiger partial charge in [-0.15, -0.1) is 0 Å². The molecule has 154 valence electrons. The molecular formula is C21H24N2O6. The number of aliphatic carboxylic acids is 2. The molecule has 8 nitrogen and oxygen atoms in total. The normalized spacial score (nSPS) is 24.2. The quantitative estimate of drug-likeness (QED) is 0.489. The zero-order valence-electron chi connectivity index (χ0n) is 15.8. The van der Waals surface area contributed by atoms with Crippen LogP contribution in [-0.2, 0) is 14.3 Å². The van der Waals surface area contributed by atoms with Crippen molar-refractivity contribution in [1.82, 2.24) is 10.6 Å². The number of allylic oxidation sites excluding steroid dienone is 2. The van der Waals surface area contributed by atoms with Gasteiger partial charge in [0, 0.05) is 24.7 Å². The minimum atomic E-state index is -1.82. The summed E-state index contributed by atoms with van der Waals surface area (Å²) in [4.78, 5) is 23.4. The first-order chi connectivity index (χ1) is 14.0. The van der Waals surface area contributed by atoms with Crippen molar-refractivity contribution < 1.29 is 29.3 Å². The Labute approximate surface area is 168 Å². The van der Waals surface area contributed by atoms with Crippen molar-refractivity contribution in [1.29, 1.82) is 0 Å². The van der Waals surface area contributed by atoms with Crippen LogP contribution < -0.4 is 15.4 Å². The van der Waals surface area contributed by atoms with Gasteiger partial charge in [-0.05, 0) is 43.7 Å². The lowest BCUT2D eigenvalue weighted by Gasteiger charge is -2.38. The SMILES string of the molecule is O=C(O)/C=C(/C(=O)O)[C@@]1(Oc2ccccc2)NC=CC=C1OCC1CCCNC1. The van der Waals surface area contributed by atoms with E-state index in [0.29, 0.717) is 18.4 Å². The fourth-order valence-electron chi connectivity index (χ4n) is 3.36. The van der Waals surface area contributed by atoms with Gasteiger partial charge in [-0.1, -0.05) is 18.2 Å². The fourth-order valence-corrected chi connectivity index (χ4v) is 3.36. The van der Waals surface area contributed by atoms with Crippen LogP contribution in [0.2, 0.25) is 0 Å². The van der Waals surface area contributed by atoms with E-state index in [-0.39, 0.29) is 11.7 Å². The van der Waals surface area contributed by atoms with Gasteiger partial charge in [-0.2, -0.15) is 0 Å². The Morgan fingerprint density at radius 3 is 2.69 bits per heavy atom. The number of rotatable bonds is 8. The molecule has 1 fully saturated rings. The Morgan fingerprint density at radius 2 is 2.03 bits per heavy atom. The molecule has 29 heavy (non-hydrogen) atoms. The van der Waals surface area contributed by atoms with Gasteiger partial charge in [0.1, 0.15) is 11.3 Å². The minimum absolute atomic E-state index is 0.185. The van der Waals surface area contributed by atoms with Crippen molar-refractivity contribution in [3.8, 4) is 5.75 Å². The molecular weight excluding hydrogens is 376 g/mol. The molecule has 0 saturated carbocycles. The van der Waals surface area contributed by atoms with Gasteiger partial charge in [0.2, 0.25) is 0 Å². The third-order valence-electron chi connectivity index (χ3n) is 4.74. The highest BCUT2D eigenvalue weighted by Gasteiger charge is 2.47. The number of hydrogen-bond acceptors (Lipinski definition) is 6. The molecule has 8 heteroatoms. The summed E-state index contributed by atoms with van der Waals surface area (Å²) in [5, 5.41) is 25.2. The van der Waals surface area contributed by atoms with Crippen LogP contribution in [0.25, 0.3) is 0 Å². The maximum absolute atomic E-state index is 12.0. The summed E-state index contributed by atoms with van der Waals surface area (Å²) >= 11 is 0. The van der Waals surface area contributed by atoms with Gasteiger partial charge in [-0.3, -0.25) is 0 Å². The van der Waals surface area contributed by atoms with E-state index >= 15 is 0 Å². The minimum Gasteiger partial charge on any atom is -0.491 e. The first-order valence-electron chi connectivity index (χ1n) is 9.42. The predicted octanol–water partition coefficient (Wildman–Crippen LogP) is 1.87. The number of nitrogens with one attached hydrogen (secondary N) is 2. The average molecular weight is 400 g/mol. The van der Waals surface area contributed by atoms with Crippen molar-refractivity contribution in [3.63, 3.8) is 0 Å². The molecule has 0 amide bonds. The number of carboxylic acid groups (broad SMARTS) is 2. The van der Waals surface area contributed by atoms with Crippen molar-refractivity contribution >= 4 is 11.9 Å². The molecule has 0 radical (unpaired) electrons. The lowest BCUT2D eigenvalue weighted by atomic mass is 9.96. The Kier molecular flexibility index (Phi) is 6.56. The summed E-state index contributed by atoms with van der Waals surface area (Å²) < 4.78 is 12.0. The Balaban J connectivity index is 1.97. The molecule has 2 heterocycles. The Morgan fingerprint density at radius 1 is 1.24 bits per heavy atom. The third kappa shape index (κ3) is 4.97. The fraction of sp³-hybridized carbons (Fsp3) is 0.333. The number of carboxylic acids is 2. The monoisotopic (exact) mass is 400 g/mol. The molecule has 0 aromatic heterocycles. The molecule has 0 bridgehead atoms. The van der Waals surface area contributed by atoms with E-state index in [9.17, 15) is 19.8 Å². The van der Waals surface area contributed by atoms with Crippen LogP contribution in [0.4, 0.5) is 0 Å². The van der Waals surface area contributed by atoms with Crippen LogP contribution in [0.3, 0.4) is 0 Å². The van der Waals surface area contributed by atoms with Gasteiger partial charge in [0.15, 0.2) is 5.76 Å². The number of benzene rings is 1. The van der Waals surface area contributed by atoms with Crippen LogP contribution in [0.5, 0.6) is 5.75 Å². The molecule has 2 aliphatic rings. The van der Waals surface area contributed by atoms with Crippen LogP contribution in [0.1, 0.15) is 12.8 Å². The molecule has 0 spiro atoms. The summed E-state index contributed by atoms with van der Waals surface area (Å²) in [6.45, 7) is 2.13. The lowest BCUT2D eigenvalue weighted by molar-refractivity contribution is -0.137. The number of piperidine rings is 1. The summed E-state index contributed by atoms with van der Waals surface area (Å²) in [7, 11) is 0. The zero-order chi connectivity index (χ0) is 20.7. The van der Waals surface area contributed by atoms with Gasteiger partial charge in [-0.25, -0.2) is 9.59 Å². The Bertz CT molecular complexity index is 827. The highest BCUT2D eigenvalue weighted by atomic mass is 16.6. The van der Waals surface area contributed by atoms with E-state index in [1.165, 1.54) is 6.20 Å². The van der Waals surface area contributed by atoms with E-state index in [1.807, 2.05) is 0 Å². The lowest BCUT2D eigenvalue weighted by Crippen LogP contribution is -2.55. The van der Waals surface area contributed by atoms with Crippen LogP contribution in [0.15, 0.2) is 66.1 Å². The smallest absolute Gasteiger partial charge is 0.338 e. The standard InChI is InChI=1S/C21H24N2O6/c24-19(25)12-17(20(26)27)21(29-16-7-2-1-3-8-16)18(9-5-11-23-21)28-14-15-6-4-10-22-13-15/h1-3,5,7-9,11-12,15,22-23H,4,6,10,13-14H2,(H,24,25)(H,26,27)/b17-12-/t15?,21-/m0/s1. The molecule has 2 atom stereocenters. The van der Waals surface area contributed by atoms with Crippen LogP contribution in [-0.4, -0.2) is 47.6 Å². The third-order valence-corrected chi connectivity index (χ3v) is 4.74. The van der Waals surface area contributed by atoms with Gasteiger partial charge in [0.25, 0.3) is 5.72 Å². The van der Waals surface area contributed by atoms with Crippen molar-refractivity contribution in [2.75, 3.05) is 19.7 Å². The highest BCUT2D eigenvalue weighted by molar-refractivity contribution is 5.97. The molecule has 0 aliphatic carbocycles. The zero-order valence-corrected chi connectivity index (χ0v) is 15.8. The maximum atomic E-state index is 12.0. The van der Waals surface area contributed by atoms with E-state index in [4.69, 9.17) is 9.47 Å². The van der Waals surface area contributed by atoms with E-state index in [0.717, 1.165) is 25.9 Å². The van der Waals surface area contributed by atoms with Gasteiger partial charge < -0.3 is 30.3 Å².